The number of thioether (sulfide) groups is 1. The highest BCUT2D eigenvalue weighted by Gasteiger charge is 2.18. The van der Waals surface area contributed by atoms with Gasteiger partial charge in [0.2, 0.25) is 0 Å². The predicted molar refractivity (Wildman–Crippen MR) is 81.4 cm³/mol. The molecule has 0 saturated carbocycles. The fourth-order valence-corrected chi connectivity index (χ4v) is 4.76. The highest BCUT2D eigenvalue weighted by Crippen LogP contribution is 2.35. The lowest BCUT2D eigenvalue weighted by Crippen LogP contribution is -2.10. The van der Waals surface area contributed by atoms with Crippen LogP contribution in [0.4, 0.5) is 4.39 Å². The maximum atomic E-state index is 13.3. The molecule has 0 fully saturated rings. The van der Waals surface area contributed by atoms with Gasteiger partial charge in [0.1, 0.15) is 5.82 Å². The first-order valence-corrected chi connectivity index (χ1v) is 8.33. The van der Waals surface area contributed by atoms with Crippen molar-refractivity contribution in [1.29, 1.82) is 0 Å². The van der Waals surface area contributed by atoms with E-state index in [9.17, 15) is 4.39 Å². The molecule has 0 saturated heterocycles. The van der Waals surface area contributed by atoms with Crippen molar-refractivity contribution in [2.45, 2.75) is 25.1 Å². The van der Waals surface area contributed by atoms with Crippen LogP contribution >= 0.6 is 23.1 Å². The monoisotopic (exact) mass is 293 g/mol. The van der Waals surface area contributed by atoms with Gasteiger partial charge >= 0.3 is 0 Å². The lowest BCUT2D eigenvalue weighted by atomic mass is 10.0. The van der Waals surface area contributed by atoms with Crippen LogP contribution in [0.1, 0.15) is 32.5 Å². The summed E-state index contributed by atoms with van der Waals surface area (Å²) >= 11 is 3.80. The molecule has 0 spiro atoms. The van der Waals surface area contributed by atoms with E-state index in [-0.39, 0.29) is 11.9 Å². The van der Waals surface area contributed by atoms with Crippen molar-refractivity contribution in [3.63, 3.8) is 0 Å². The van der Waals surface area contributed by atoms with Gasteiger partial charge in [-0.15, -0.1) is 11.3 Å². The van der Waals surface area contributed by atoms with Gasteiger partial charge in [0.15, 0.2) is 0 Å². The summed E-state index contributed by atoms with van der Waals surface area (Å²) in [6, 6.07) is 7.25. The molecule has 0 bridgehead atoms. The Balaban J connectivity index is 1.92. The van der Waals surface area contributed by atoms with Crippen molar-refractivity contribution < 1.29 is 4.39 Å². The predicted octanol–water partition coefficient (Wildman–Crippen LogP) is 4.03. The van der Waals surface area contributed by atoms with E-state index in [0.29, 0.717) is 5.56 Å². The van der Waals surface area contributed by atoms with E-state index in [1.165, 1.54) is 27.1 Å². The zero-order valence-electron chi connectivity index (χ0n) is 10.8. The first-order valence-electron chi connectivity index (χ1n) is 6.36. The van der Waals surface area contributed by atoms with Crippen LogP contribution in [0.2, 0.25) is 0 Å². The van der Waals surface area contributed by atoms with Gasteiger partial charge in [0, 0.05) is 15.5 Å². The molecular formula is C15H16FNS2. The topological polar surface area (TPSA) is 26.0 Å². The zero-order chi connectivity index (χ0) is 13.4. The number of halogens is 1. The van der Waals surface area contributed by atoms with Gasteiger partial charge in [0.25, 0.3) is 0 Å². The summed E-state index contributed by atoms with van der Waals surface area (Å²) in [7, 11) is 0. The summed E-state index contributed by atoms with van der Waals surface area (Å²) < 4.78 is 13.3. The summed E-state index contributed by atoms with van der Waals surface area (Å²) in [5.74, 6) is 2.14. The van der Waals surface area contributed by atoms with Crippen molar-refractivity contribution in [3.8, 4) is 0 Å². The maximum absolute atomic E-state index is 13.3. The van der Waals surface area contributed by atoms with Gasteiger partial charge < -0.3 is 5.73 Å². The van der Waals surface area contributed by atoms with Gasteiger partial charge in [-0.2, -0.15) is 11.8 Å². The second kappa shape index (κ2) is 5.27. The lowest BCUT2D eigenvalue weighted by molar-refractivity contribution is 0.617. The summed E-state index contributed by atoms with van der Waals surface area (Å²) in [6.45, 7) is 1.78. The third-order valence-electron chi connectivity index (χ3n) is 3.49. The second-order valence-corrected chi connectivity index (χ2v) is 7.16. The molecule has 1 nitrogen and oxygen atoms in total. The van der Waals surface area contributed by atoms with Crippen LogP contribution in [0.5, 0.6) is 0 Å². The second-order valence-electron chi connectivity index (χ2n) is 4.89. The number of nitrogens with two attached hydrogens (primary N) is 1. The Bertz CT molecular complexity index is 583. The SMILES string of the molecule is Cc1cc(C(N)c2cc3c(s2)CCSC3)ccc1F. The normalized spacial score (nSPS) is 16.2. The molecule has 1 unspecified atom stereocenters. The molecule has 1 aliphatic heterocycles. The summed E-state index contributed by atoms with van der Waals surface area (Å²) in [4.78, 5) is 2.67. The Hall–Kier alpha value is -0.840. The van der Waals surface area contributed by atoms with Crippen LogP contribution in [0.15, 0.2) is 24.3 Å². The van der Waals surface area contributed by atoms with Crippen LogP contribution in [0.3, 0.4) is 0 Å². The van der Waals surface area contributed by atoms with Crippen LogP contribution in [-0.2, 0) is 12.2 Å². The molecule has 0 amide bonds. The molecule has 2 aromatic rings. The van der Waals surface area contributed by atoms with E-state index < -0.39 is 0 Å². The standard InChI is InChI=1S/C15H16FNS2/c1-9-6-10(2-3-12(9)16)15(17)14-7-11-8-18-5-4-13(11)19-14/h2-3,6-7,15H,4-5,8,17H2,1H3. The smallest absolute Gasteiger partial charge is 0.126 e. The molecule has 1 atom stereocenters. The highest BCUT2D eigenvalue weighted by atomic mass is 32.2. The zero-order valence-corrected chi connectivity index (χ0v) is 12.4. The van der Waals surface area contributed by atoms with E-state index in [1.54, 1.807) is 13.0 Å². The summed E-state index contributed by atoms with van der Waals surface area (Å²) in [5.41, 5.74) is 9.41. The minimum absolute atomic E-state index is 0.139. The van der Waals surface area contributed by atoms with Crippen molar-refractivity contribution >= 4 is 23.1 Å². The number of rotatable bonds is 2. The van der Waals surface area contributed by atoms with Gasteiger partial charge in [0.05, 0.1) is 6.04 Å². The fraction of sp³-hybridized carbons (Fsp3) is 0.333. The molecular weight excluding hydrogens is 277 g/mol. The van der Waals surface area contributed by atoms with Gasteiger partial charge in [-0.25, -0.2) is 4.39 Å². The van der Waals surface area contributed by atoms with Crippen molar-refractivity contribution in [2.24, 2.45) is 5.73 Å². The van der Waals surface area contributed by atoms with Crippen molar-refractivity contribution in [1.82, 2.24) is 0 Å². The Morgan fingerprint density at radius 2 is 2.16 bits per heavy atom. The number of benzene rings is 1. The molecule has 1 aromatic heterocycles. The number of thiophene rings is 1. The van der Waals surface area contributed by atoms with E-state index in [2.05, 4.69) is 6.07 Å². The molecule has 3 rings (SSSR count). The minimum Gasteiger partial charge on any atom is -0.320 e. The molecule has 19 heavy (non-hydrogen) atoms. The molecule has 100 valence electrons. The molecule has 0 radical (unpaired) electrons. The summed E-state index contributed by atoms with van der Waals surface area (Å²) in [6.07, 6.45) is 1.15. The van der Waals surface area contributed by atoms with Gasteiger partial charge in [-0.3, -0.25) is 0 Å². The first kappa shape index (κ1) is 13.2. The minimum atomic E-state index is -0.169. The van der Waals surface area contributed by atoms with E-state index >= 15 is 0 Å². The summed E-state index contributed by atoms with van der Waals surface area (Å²) in [5, 5.41) is 0. The van der Waals surface area contributed by atoms with Crippen molar-refractivity contribution in [3.05, 3.63) is 56.5 Å². The lowest BCUT2D eigenvalue weighted by Gasteiger charge is -2.11. The maximum Gasteiger partial charge on any atom is 0.126 e. The molecule has 2 heterocycles. The van der Waals surface area contributed by atoms with Crippen LogP contribution in [-0.4, -0.2) is 5.75 Å². The highest BCUT2D eigenvalue weighted by molar-refractivity contribution is 7.98. The van der Waals surface area contributed by atoms with Crippen LogP contribution in [0, 0.1) is 12.7 Å². The largest absolute Gasteiger partial charge is 0.320 e. The third kappa shape index (κ3) is 2.57. The first-order chi connectivity index (χ1) is 9.15. The Kier molecular flexibility index (Phi) is 3.65. The van der Waals surface area contributed by atoms with Crippen LogP contribution in [0.25, 0.3) is 0 Å². The average molecular weight is 293 g/mol. The average Bonchev–Trinajstić information content (AvgIpc) is 2.85. The number of hydrogen-bond donors (Lipinski definition) is 1. The van der Waals surface area contributed by atoms with Crippen molar-refractivity contribution in [2.75, 3.05) is 5.75 Å². The van der Waals surface area contributed by atoms with Crippen LogP contribution < -0.4 is 5.73 Å². The molecule has 0 aliphatic carbocycles. The molecule has 4 heteroatoms. The Morgan fingerprint density at radius 1 is 1.32 bits per heavy atom. The Labute approximate surface area is 121 Å². The number of hydrogen-bond acceptors (Lipinski definition) is 3. The van der Waals surface area contributed by atoms with E-state index in [1.807, 2.05) is 29.2 Å². The Morgan fingerprint density at radius 3 is 2.89 bits per heavy atom. The number of fused-ring (bicyclic) bond motifs is 1. The van der Waals surface area contributed by atoms with Gasteiger partial charge in [-0.05, 0) is 47.9 Å². The molecule has 1 aliphatic rings. The third-order valence-corrected chi connectivity index (χ3v) is 5.82. The van der Waals surface area contributed by atoms with E-state index in [0.717, 1.165) is 17.7 Å². The van der Waals surface area contributed by atoms with Gasteiger partial charge in [-0.1, -0.05) is 12.1 Å². The molecule has 2 N–H and O–H groups in total. The number of aryl methyl sites for hydroxylation is 2. The molecule has 1 aromatic carbocycles. The van der Waals surface area contributed by atoms with E-state index in [4.69, 9.17) is 5.73 Å². The quantitative estimate of drug-likeness (QED) is 0.904. The fourth-order valence-electron chi connectivity index (χ4n) is 2.35.